The lowest BCUT2D eigenvalue weighted by molar-refractivity contribution is -0.142. The first kappa shape index (κ1) is 27.9. The molecule has 3 aromatic rings. The van der Waals surface area contributed by atoms with Crippen LogP contribution in [0.5, 0.6) is 0 Å². The molecular formula is C29H38N4O4. The molecular weight excluding hydrogens is 468 g/mol. The van der Waals surface area contributed by atoms with Crippen molar-refractivity contribution in [3.8, 4) is 11.4 Å². The Morgan fingerprint density at radius 1 is 1.03 bits per heavy atom. The molecule has 3 rings (SSSR count). The zero-order valence-corrected chi connectivity index (χ0v) is 22.6. The number of hydrogen-bond acceptors (Lipinski definition) is 7. The number of nitrogens with one attached hydrogen (secondary N) is 2. The first-order valence-electron chi connectivity index (χ1n) is 12.8. The van der Waals surface area contributed by atoms with Gasteiger partial charge in [0.15, 0.2) is 0 Å². The van der Waals surface area contributed by atoms with E-state index in [9.17, 15) is 9.59 Å². The van der Waals surface area contributed by atoms with E-state index in [1.165, 1.54) is 0 Å². The van der Waals surface area contributed by atoms with Crippen molar-refractivity contribution in [2.45, 2.75) is 65.8 Å². The zero-order valence-electron chi connectivity index (χ0n) is 22.6. The van der Waals surface area contributed by atoms with E-state index in [1.807, 2.05) is 45.0 Å². The largest absolute Gasteiger partial charge is 0.466 e. The summed E-state index contributed by atoms with van der Waals surface area (Å²) in [4.78, 5) is 28.4. The maximum atomic E-state index is 12.4. The van der Waals surface area contributed by atoms with Crippen molar-refractivity contribution in [2.75, 3.05) is 18.5 Å². The third-order valence-corrected chi connectivity index (χ3v) is 5.75. The summed E-state index contributed by atoms with van der Waals surface area (Å²) >= 11 is 0. The van der Waals surface area contributed by atoms with Crippen LogP contribution >= 0.6 is 0 Å². The van der Waals surface area contributed by atoms with Crippen LogP contribution in [0.25, 0.3) is 11.4 Å². The molecule has 2 aromatic carbocycles. The lowest BCUT2D eigenvalue weighted by Gasteiger charge is -2.23. The summed E-state index contributed by atoms with van der Waals surface area (Å²) in [5.41, 5.74) is 3.32. The van der Waals surface area contributed by atoms with Gasteiger partial charge in [-0.25, -0.2) is 0 Å². The Hall–Kier alpha value is -3.68. The molecule has 1 heterocycles. The quantitative estimate of drug-likeness (QED) is 0.311. The molecule has 0 aliphatic carbocycles. The second kappa shape index (κ2) is 12.5. The maximum absolute atomic E-state index is 12.4. The number of aromatic nitrogens is 2. The molecule has 0 bridgehead atoms. The number of esters is 1. The van der Waals surface area contributed by atoms with Crippen LogP contribution in [0.3, 0.4) is 0 Å². The minimum absolute atomic E-state index is 0.0914. The number of hydrogen-bond donors (Lipinski definition) is 2. The number of carbonyl (C=O) groups excluding carboxylic acids is 2. The maximum Gasteiger partial charge on any atom is 0.307 e. The van der Waals surface area contributed by atoms with E-state index >= 15 is 0 Å². The van der Waals surface area contributed by atoms with E-state index in [4.69, 9.17) is 9.26 Å². The number of anilines is 1. The Morgan fingerprint density at radius 3 is 2.27 bits per heavy atom. The first-order valence-corrected chi connectivity index (χ1v) is 12.8. The number of carbonyl (C=O) groups is 2. The van der Waals surface area contributed by atoms with Crippen LogP contribution in [0.15, 0.2) is 53.1 Å². The molecule has 1 atom stereocenters. The summed E-state index contributed by atoms with van der Waals surface area (Å²) in [6.45, 7) is 12.8. The molecule has 2 N–H and O–H groups in total. The molecule has 1 amide bonds. The van der Waals surface area contributed by atoms with E-state index in [-0.39, 0.29) is 36.3 Å². The highest BCUT2D eigenvalue weighted by molar-refractivity contribution is 5.94. The van der Waals surface area contributed by atoms with Crippen LogP contribution in [0.4, 0.5) is 5.69 Å². The van der Waals surface area contributed by atoms with E-state index in [1.54, 1.807) is 19.1 Å². The van der Waals surface area contributed by atoms with E-state index in [2.05, 4.69) is 46.8 Å². The van der Waals surface area contributed by atoms with Gasteiger partial charge >= 0.3 is 5.97 Å². The summed E-state index contributed by atoms with van der Waals surface area (Å²) in [5, 5.41) is 10.5. The van der Waals surface area contributed by atoms with E-state index < -0.39 is 0 Å². The topological polar surface area (TPSA) is 106 Å². The Balaban J connectivity index is 1.66. The molecule has 0 saturated carbocycles. The Bertz CT molecular complexity index is 1160. The summed E-state index contributed by atoms with van der Waals surface area (Å²) in [6, 6.07) is 15.7. The highest BCUT2D eigenvalue weighted by Crippen LogP contribution is 2.29. The Morgan fingerprint density at radius 2 is 1.70 bits per heavy atom. The molecule has 0 saturated heterocycles. The number of rotatable bonds is 11. The third-order valence-electron chi connectivity index (χ3n) is 5.75. The van der Waals surface area contributed by atoms with Gasteiger partial charge in [-0.05, 0) is 49.1 Å². The summed E-state index contributed by atoms with van der Waals surface area (Å²) in [5.74, 6) is 1.14. The van der Waals surface area contributed by atoms with Crippen molar-refractivity contribution in [3.63, 3.8) is 0 Å². The van der Waals surface area contributed by atoms with E-state index in [0.29, 0.717) is 29.8 Å². The molecule has 1 unspecified atom stereocenters. The fourth-order valence-corrected chi connectivity index (χ4v) is 3.79. The van der Waals surface area contributed by atoms with Crippen molar-refractivity contribution in [3.05, 3.63) is 65.5 Å². The van der Waals surface area contributed by atoms with Gasteiger partial charge in [0.2, 0.25) is 11.7 Å². The van der Waals surface area contributed by atoms with Gasteiger partial charge in [0.1, 0.15) is 0 Å². The molecule has 8 heteroatoms. The van der Waals surface area contributed by atoms with Crippen molar-refractivity contribution >= 4 is 17.6 Å². The molecule has 0 aliphatic heterocycles. The smallest absolute Gasteiger partial charge is 0.307 e. The lowest BCUT2D eigenvalue weighted by atomic mass is 9.95. The summed E-state index contributed by atoms with van der Waals surface area (Å²) in [7, 11) is 0. The molecule has 37 heavy (non-hydrogen) atoms. The lowest BCUT2D eigenvalue weighted by Crippen LogP contribution is -2.26. The first-order chi connectivity index (χ1) is 17.6. The minimum Gasteiger partial charge on any atom is -0.466 e. The van der Waals surface area contributed by atoms with Crippen LogP contribution in [0, 0.1) is 5.92 Å². The van der Waals surface area contributed by atoms with Gasteiger partial charge in [0.05, 0.1) is 19.1 Å². The molecule has 0 fully saturated rings. The van der Waals surface area contributed by atoms with Gasteiger partial charge in [-0.2, -0.15) is 4.98 Å². The zero-order chi connectivity index (χ0) is 27.0. The monoisotopic (exact) mass is 506 g/mol. The van der Waals surface area contributed by atoms with Gasteiger partial charge in [-0.3, -0.25) is 9.59 Å². The van der Waals surface area contributed by atoms with Crippen molar-refractivity contribution in [1.82, 2.24) is 15.5 Å². The molecule has 198 valence electrons. The van der Waals surface area contributed by atoms with Gasteiger partial charge in [0, 0.05) is 28.8 Å². The van der Waals surface area contributed by atoms with Crippen molar-refractivity contribution in [1.29, 1.82) is 0 Å². The number of nitrogens with zero attached hydrogens (tertiary/aromatic N) is 2. The minimum atomic E-state index is -0.321. The van der Waals surface area contributed by atoms with Gasteiger partial charge in [-0.1, -0.05) is 64.0 Å². The number of ether oxygens (including phenoxy) is 1. The predicted molar refractivity (Wildman–Crippen MR) is 144 cm³/mol. The van der Waals surface area contributed by atoms with Gasteiger partial charge < -0.3 is 19.9 Å². The fourth-order valence-electron chi connectivity index (χ4n) is 3.79. The highest BCUT2D eigenvalue weighted by Gasteiger charge is 2.22. The molecule has 0 radical (unpaired) electrons. The fraction of sp³-hybridized carbons (Fsp3) is 0.448. The van der Waals surface area contributed by atoms with Crippen molar-refractivity contribution in [2.24, 2.45) is 5.92 Å². The third kappa shape index (κ3) is 8.17. The van der Waals surface area contributed by atoms with Gasteiger partial charge in [0.25, 0.3) is 5.91 Å². The molecule has 0 spiro atoms. The second-order valence-electron chi connectivity index (χ2n) is 10.5. The molecule has 8 nitrogen and oxygen atoms in total. The normalized spacial score (nSPS) is 12.3. The average molecular weight is 507 g/mol. The number of benzene rings is 2. The molecule has 1 aromatic heterocycles. The number of amides is 1. The summed E-state index contributed by atoms with van der Waals surface area (Å²) < 4.78 is 10.3. The van der Waals surface area contributed by atoms with Crippen LogP contribution in [-0.2, 0) is 14.9 Å². The second-order valence-corrected chi connectivity index (χ2v) is 10.5. The van der Waals surface area contributed by atoms with Gasteiger partial charge in [-0.15, -0.1) is 0 Å². The van der Waals surface area contributed by atoms with Crippen LogP contribution in [0.2, 0.25) is 0 Å². The van der Waals surface area contributed by atoms with Crippen molar-refractivity contribution < 1.29 is 18.8 Å². The highest BCUT2D eigenvalue weighted by atomic mass is 16.5. The predicted octanol–water partition coefficient (Wildman–Crippen LogP) is 5.92. The van der Waals surface area contributed by atoms with E-state index in [0.717, 1.165) is 23.2 Å². The van der Waals surface area contributed by atoms with Crippen LogP contribution in [-0.4, -0.2) is 35.2 Å². The standard InChI is InChI=1S/C29H38N4O4/c1-7-36-25(34)16-17-30-27(35)22-12-14-23(15-13-22)31-24(18-19(2)3)20-8-10-21(11-9-20)26-32-28(37-33-26)29(4,5)6/h8-15,19,24,31H,7,16-18H2,1-6H3,(H,30,35). The summed E-state index contributed by atoms with van der Waals surface area (Å²) in [6.07, 6.45) is 1.09. The molecule has 0 aliphatic rings. The Labute approximate surface area is 219 Å². The van der Waals surface area contributed by atoms with Crippen LogP contribution < -0.4 is 10.6 Å². The van der Waals surface area contributed by atoms with Crippen LogP contribution in [0.1, 0.15) is 82.2 Å². The SMILES string of the molecule is CCOC(=O)CCNC(=O)c1ccc(NC(CC(C)C)c2ccc(-c3noc(C(C)(C)C)n3)cc2)cc1. The average Bonchev–Trinajstić information content (AvgIpc) is 3.35. The Kier molecular flexibility index (Phi) is 9.44.